The van der Waals surface area contributed by atoms with Gasteiger partial charge >= 0.3 is 0 Å². The van der Waals surface area contributed by atoms with Gasteiger partial charge in [-0.1, -0.05) is 0 Å². The Morgan fingerprint density at radius 3 is 2.80 bits per heavy atom. The second-order valence-corrected chi connectivity index (χ2v) is 5.04. The molecule has 1 fully saturated rings. The zero-order valence-electron chi connectivity index (χ0n) is 11.0. The molecule has 2 aliphatic rings. The van der Waals surface area contributed by atoms with E-state index >= 15 is 0 Å². The van der Waals surface area contributed by atoms with Gasteiger partial charge in [-0.15, -0.1) is 10.2 Å². The Balaban J connectivity index is 1.61. The van der Waals surface area contributed by atoms with Gasteiger partial charge in [-0.05, 0) is 44.1 Å². The van der Waals surface area contributed by atoms with E-state index < -0.39 is 0 Å². The molecule has 2 aromatic rings. The van der Waals surface area contributed by atoms with Gasteiger partial charge in [-0.2, -0.15) is 0 Å². The van der Waals surface area contributed by atoms with Gasteiger partial charge in [0.1, 0.15) is 0 Å². The van der Waals surface area contributed by atoms with Crippen LogP contribution in [0.1, 0.15) is 24.7 Å². The molecule has 104 valence electrons. The lowest BCUT2D eigenvalue weighted by Gasteiger charge is -2.18. The molecule has 1 aromatic heterocycles. The van der Waals surface area contributed by atoms with Gasteiger partial charge in [0.2, 0.25) is 18.6 Å². The topological polar surface area (TPSA) is 69.4 Å². The fourth-order valence-electron chi connectivity index (χ4n) is 2.61. The fourth-order valence-corrected chi connectivity index (χ4v) is 2.61. The first kappa shape index (κ1) is 11.7. The zero-order chi connectivity index (χ0) is 13.4. The number of nitrogens with one attached hydrogen (secondary N) is 1. The summed E-state index contributed by atoms with van der Waals surface area (Å²) < 4.78 is 16.5. The quantitative estimate of drug-likeness (QED) is 0.901. The number of aromatic nitrogens is 2. The van der Waals surface area contributed by atoms with Crippen LogP contribution in [0.25, 0.3) is 11.5 Å². The molecule has 1 aromatic carbocycles. The molecule has 0 spiro atoms. The number of hydrogen-bond acceptors (Lipinski definition) is 6. The molecule has 0 bridgehead atoms. The van der Waals surface area contributed by atoms with E-state index in [4.69, 9.17) is 13.9 Å². The molecule has 6 nitrogen and oxygen atoms in total. The molecule has 0 aliphatic carbocycles. The van der Waals surface area contributed by atoms with Gasteiger partial charge in [0.15, 0.2) is 11.5 Å². The van der Waals surface area contributed by atoms with Crippen LogP contribution in [-0.2, 0) is 0 Å². The van der Waals surface area contributed by atoms with Crippen LogP contribution in [0.15, 0.2) is 22.6 Å². The molecule has 4 rings (SSSR count). The summed E-state index contributed by atoms with van der Waals surface area (Å²) in [6.07, 6.45) is 2.09. The highest BCUT2D eigenvalue weighted by molar-refractivity contribution is 5.60. The molecule has 2 aliphatic heterocycles. The molecule has 1 saturated heterocycles. The smallest absolute Gasteiger partial charge is 0.247 e. The second kappa shape index (κ2) is 4.79. The monoisotopic (exact) mass is 273 g/mol. The highest BCUT2D eigenvalue weighted by Crippen LogP contribution is 2.36. The number of hydrogen-bond donors (Lipinski definition) is 1. The Hall–Kier alpha value is -2.08. The Bertz CT molecular complexity index is 620. The van der Waals surface area contributed by atoms with Gasteiger partial charge < -0.3 is 19.2 Å². The van der Waals surface area contributed by atoms with Gasteiger partial charge in [0.05, 0.1) is 0 Å². The van der Waals surface area contributed by atoms with Gasteiger partial charge in [0.25, 0.3) is 0 Å². The molecule has 0 amide bonds. The minimum absolute atomic E-state index is 0.267. The minimum Gasteiger partial charge on any atom is -0.454 e. The van der Waals surface area contributed by atoms with Crippen molar-refractivity contribution in [3.63, 3.8) is 0 Å². The van der Waals surface area contributed by atoms with Crippen LogP contribution in [0.4, 0.5) is 0 Å². The van der Waals surface area contributed by atoms with Gasteiger partial charge in [-0.3, -0.25) is 0 Å². The zero-order valence-corrected chi connectivity index (χ0v) is 11.0. The maximum atomic E-state index is 5.82. The van der Waals surface area contributed by atoms with Gasteiger partial charge in [-0.25, -0.2) is 0 Å². The normalized spacial score (nSPS) is 18.4. The molecule has 0 unspecified atom stereocenters. The molecule has 0 radical (unpaired) electrons. The van der Waals surface area contributed by atoms with E-state index in [0.717, 1.165) is 48.9 Å². The number of ether oxygens (including phenoxy) is 2. The van der Waals surface area contributed by atoms with E-state index in [0.29, 0.717) is 11.8 Å². The lowest BCUT2D eigenvalue weighted by Crippen LogP contribution is -2.26. The third-order valence-electron chi connectivity index (χ3n) is 3.75. The number of fused-ring (bicyclic) bond motifs is 1. The van der Waals surface area contributed by atoms with Crippen LogP contribution in [0.2, 0.25) is 0 Å². The van der Waals surface area contributed by atoms with Gasteiger partial charge in [0, 0.05) is 11.5 Å². The van der Waals surface area contributed by atoms with E-state index in [9.17, 15) is 0 Å². The van der Waals surface area contributed by atoms with Crippen molar-refractivity contribution in [3.05, 3.63) is 24.1 Å². The predicted octanol–water partition coefficient (Wildman–Crippen LogP) is 1.93. The Kier molecular flexibility index (Phi) is 2.81. The summed E-state index contributed by atoms with van der Waals surface area (Å²) in [4.78, 5) is 0. The Morgan fingerprint density at radius 1 is 1.05 bits per heavy atom. The van der Waals surface area contributed by atoms with Crippen molar-refractivity contribution in [2.45, 2.75) is 18.8 Å². The van der Waals surface area contributed by atoms with Crippen LogP contribution in [0, 0.1) is 0 Å². The highest BCUT2D eigenvalue weighted by atomic mass is 16.7. The van der Waals surface area contributed by atoms with Crippen molar-refractivity contribution in [2.75, 3.05) is 19.9 Å². The van der Waals surface area contributed by atoms with Crippen molar-refractivity contribution >= 4 is 0 Å². The Morgan fingerprint density at radius 2 is 1.90 bits per heavy atom. The van der Waals surface area contributed by atoms with Crippen LogP contribution in [0.3, 0.4) is 0 Å². The summed E-state index contributed by atoms with van der Waals surface area (Å²) in [5.74, 6) is 3.12. The van der Waals surface area contributed by atoms with Crippen molar-refractivity contribution in [2.24, 2.45) is 0 Å². The average Bonchev–Trinajstić information content (AvgIpc) is 3.16. The molecular weight excluding hydrogens is 258 g/mol. The van der Waals surface area contributed by atoms with Crippen molar-refractivity contribution in [1.82, 2.24) is 15.5 Å². The highest BCUT2D eigenvalue weighted by Gasteiger charge is 2.22. The summed E-state index contributed by atoms with van der Waals surface area (Å²) >= 11 is 0. The van der Waals surface area contributed by atoms with E-state index in [1.54, 1.807) is 0 Å². The third kappa shape index (κ3) is 2.02. The van der Waals surface area contributed by atoms with Crippen LogP contribution < -0.4 is 14.8 Å². The molecule has 1 N–H and O–H groups in total. The first-order valence-corrected chi connectivity index (χ1v) is 6.84. The summed E-state index contributed by atoms with van der Waals surface area (Å²) in [6, 6.07) is 5.65. The number of rotatable bonds is 2. The molecule has 6 heteroatoms. The molecule has 0 atom stereocenters. The SMILES string of the molecule is c1cc2c(cc1-c1nnc(C3CCNCC3)o1)OCO2. The predicted molar refractivity (Wildman–Crippen MR) is 70.7 cm³/mol. The van der Waals surface area contributed by atoms with E-state index in [1.165, 1.54) is 0 Å². The van der Waals surface area contributed by atoms with Crippen molar-refractivity contribution in [1.29, 1.82) is 0 Å². The summed E-state index contributed by atoms with van der Waals surface area (Å²) in [5.41, 5.74) is 0.863. The summed E-state index contributed by atoms with van der Waals surface area (Å²) in [5, 5.41) is 11.7. The Labute approximate surface area is 116 Å². The lowest BCUT2D eigenvalue weighted by atomic mass is 9.98. The van der Waals surface area contributed by atoms with Crippen molar-refractivity contribution < 1.29 is 13.9 Å². The van der Waals surface area contributed by atoms with Crippen LogP contribution in [0.5, 0.6) is 11.5 Å². The fraction of sp³-hybridized carbons (Fsp3) is 0.429. The first-order valence-electron chi connectivity index (χ1n) is 6.84. The van der Waals surface area contributed by atoms with E-state index in [-0.39, 0.29) is 6.79 Å². The number of nitrogens with zero attached hydrogens (tertiary/aromatic N) is 2. The third-order valence-corrected chi connectivity index (χ3v) is 3.75. The molecule has 0 saturated carbocycles. The largest absolute Gasteiger partial charge is 0.454 e. The standard InChI is InChI=1S/C14H15N3O3/c1-2-11-12(19-8-18-11)7-10(1)14-17-16-13(20-14)9-3-5-15-6-4-9/h1-2,7,9,15H,3-6,8H2. The molecule has 3 heterocycles. The molecule has 20 heavy (non-hydrogen) atoms. The average molecular weight is 273 g/mol. The summed E-state index contributed by atoms with van der Waals surface area (Å²) in [6.45, 7) is 2.28. The van der Waals surface area contributed by atoms with Crippen molar-refractivity contribution in [3.8, 4) is 23.0 Å². The first-order chi connectivity index (χ1) is 9.90. The maximum absolute atomic E-state index is 5.82. The van der Waals surface area contributed by atoms with Crippen LogP contribution in [-0.4, -0.2) is 30.1 Å². The van der Waals surface area contributed by atoms with Crippen LogP contribution >= 0.6 is 0 Å². The lowest BCUT2D eigenvalue weighted by molar-refractivity contribution is 0.174. The van der Waals surface area contributed by atoms with E-state index in [2.05, 4.69) is 15.5 Å². The molecular formula is C14H15N3O3. The second-order valence-electron chi connectivity index (χ2n) is 5.04. The maximum Gasteiger partial charge on any atom is 0.247 e. The minimum atomic E-state index is 0.267. The van der Waals surface area contributed by atoms with E-state index in [1.807, 2.05) is 18.2 Å². The summed E-state index contributed by atoms with van der Waals surface area (Å²) in [7, 11) is 0. The number of piperidine rings is 1. The number of benzene rings is 1.